The number of benzene rings is 1. The topological polar surface area (TPSA) is 72.9 Å². The van der Waals surface area contributed by atoms with Crippen molar-refractivity contribution in [2.45, 2.75) is 26.4 Å². The second-order valence-corrected chi connectivity index (χ2v) is 5.57. The van der Waals surface area contributed by atoms with Crippen LogP contribution in [0, 0.1) is 5.92 Å². The van der Waals surface area contributed by atoms with Crippen LogP contribution in [0.3, 0.4) is 0 Å². The average molecular weight is 307 g/mol. The smallest absolute Gasteiger partial charge is 0.229 e. The van der Waals surface area contributed by atoms with Crippen LogP contribution in [-0.2, 0) is 11.3 Å². The molecular weight excluding hydrogens is 288 g/mol. The van der Waals surface area contributed by atoms with Crippen LogP contribution in [0.1, 0.15) is 19.4 Å². The minimum absolute atomic E-state index is 0.108. The molecule has 3 N–H and O–H groups in total. The van der Waals surface area contributed by atoms with Crippen molar-refractivity contribution in [1.29, 1.82) is 0 Å². The molecule has 0 aliphatic rings. The Kier molecular flexibility index (Phi) is 4.98. The lowest BCUT2D eigenvalue weighted by molar-refractivity contribution is -0.119. The Labute approximate surface area is 129 Å². The zero-order valence-corrected chi connectivity index (χ0v) is 12.8. The Morgan fingerprint density at radius 3 is 2.62 bits per heavy atom. The van der Waals surface area contributed by atoms with E-state index in [9.17, 15) is 4.79 Å². The summed E-state index contributed by atoms with van der Waals surface area (Å²) < 4.78 is 1.73. The molecular formula is C15H19ClN4O. The van der Waals surface area contributed by atoms with Crippen LogP contribution in [0.2, 0.25) is 5.02 Å². The van der Waals surface area contributed by atoms with Crippen molar-refractivity contribution in [1.82, 2.24) is 9.78 Å². The molecule has 0 bridgehead atoms. The SMILES string of the molecule is CC(N)C(C)C(=O)Nc1ccnn1Cc1ccc(Cl)cc1. The van der Waals surface area contributed by atoms with Crippen LogP contribution in [0.25, 0.3) is 0 Å². The number of aromatic nitrogens is 2. The van der Waals surface area contributed by atoms with Crippen molar-refractivity contribution in [2.24, 2.45) is 11.7 Å². The molecule has 2 atom stereocenters. The van der Waals surface area contributed by atoms with Gasteiger partial charge >= 0.3 is 0 Å². The summed E-state index contributed by atoms with van der Waals surface area (Å²) in [4.78, 5) is 12.1. The largest absolute Gasteiger partial charge is 0.327 e. The Morgan fingerprint density at radius 2 is 2.00 bits per heavy atom. The third-order valence-electron chi connectivity index (χ3n) is 3.42. The molecule has 1 aromatic heterocycles. The molecule has 6 heteroatoms. The highest BCUT2D eigenvalue weighted by Gasteiger charge is 2.18. The number of halogens is 1. The number of nitrogens with zero attached hydrogens (tertiary/aromatic N) is 2. The predicted molar refractivity (Wildman–Crippen MR) is 84.2 cm³/mol. The minimum Gasteiger partial charge on any atom is -0.327 e. The number of nitrogens with one attached hydrogen (secondary N) is 1. The van der Waals surface area contributed by atoms with Gasteiger partial charge in [0.2, 0.25) is 5.91 Å². The van der Waals surface area contributed by atoms with Crippen molar-refractivity contribution in [3.05, 3.63) is 47.1 Å². The molecule has 0 fully saturated rings. The monoisotopic (exact) mass is 306 g/mol. The maximum Gasteiger partial charge on any atom is 0.229 e. The normalized spacial score (nSPS) is 13.7. The van der Waals surface area contributed by atoms with Crippen molar-refractivity contribution >= 4 is 23.3 Å². The summed E-state index contributed by atoms with van der Waals surface area (Å²) in [5, 5.41) is 7.78. The molecule has 1 amide bonds. The van der Waals surface area contributed by atoms with Gasteiger partial charge < -0.3 is 11.1 Å². The first-order valence-corrected chi connectivity index (χ1v) is 7.18. The minimum atomic E-state index is -0.260. The van der Waals surface area contributed by atoms with E-state index in [4.69, 9.17) is 17.3 Å². The summed E-state index contributed by atoms with van der Waals surface area (Å²) in [6, 6.07) is 9.09. The second kappa shape index (κ2) is 6.74. The number of anilines is 1. The van der Waals surface area contributed by atoms with Crippen molar-refractivity contribution in [2.75, 3.05) is 5.32 Å². The molecule has 1 heterocycles. The van der Waals surface area contributed by atoms with Gasteiger partial charge in [-0.25, -0.2) is 4.68 Å². The van der Waals surface area contributed by atoms with Gasteiger partial charge in [-0.05, 0) is 24.6 Å². The zero-order chi connectivity index (χ0) is 15.4. The molecule has 1 aromatic carbocycles. The van der Waals surface area contributed by atoms with Gasteiger partial charge in [0, 0.05) is 17.1 Å². The van der Waals surface area contributed by atoms with Crippen LogP contribution in [0.5, 0.6) is 0 Å². The zero-order valence-electron chi connectivity index (χ0n) is 12.1. The highest BCUT2D eigenvalue weighted by molar-refractivity contribution is 6.30. The molecule has 112 valence electrons. The van der Waals surface area contributed by atoms with E-state index in [-0.39, 0.29) is 17.9 Å². The van der Waals surface area contributed by atoms with Crippen LogP contribution in [0.4, 0.5) is 5.82 Å². The molecule has 2 unspecified atom stereocenters. The van der Waals surface area contributed by atoms with Gasteiger partial charge in [0.1, 0.15) is 5.82 Å². The summed E-state index contributed by atoms with van der Waals surface area (Å²) in [5.74, 6) is 0.286. The van der Waals surface area contributed by atoms with Crippen molar-refractivity contribution in [3.8, 4) is 0 Å². The van der Waals surface area contributed by atoms with Gasteiger partial charge in [0.15, 0.2) is 0 Å². The standard InChI is InChI=1S/C15H19ClN4O/c1-10(11(2)17)15(21)19-14-7-8-18-20(14)9-12-3-5-13(16)6-4-12/h3-8,10-11H,9,17H2,1-2H3,(H,19,21). The number of carbonyl (C=O) groups is 1. The summed E-state index contributed by atoms with van der Waals surface area (Å²) in [6.07, 6.45) is 1.65. The van der Waals surface area contributed by atoms with E-state index in [2.05, 4.69) is 10.4 Å². The first kappa shape index (κ1) is 15.5. The second-order valence-electron chi connectivity index (χ2n) is 5.14. The Balaban J connectivity index is 2.08. The van der Waals surface area contributed by atoms with E-state index < -0.39 is 0 Å². The number of amides is 1. The first-order valence-electron chi connectivity index (χ1n) is 6.80. The summed E-state index contributed by atoms with van der Waals surface area (Å²) in [5.41, 5.74) is 6.80. The predicted octanol–water partition coefficient (Wildman–Crippen LogP) is 2.51. The fourth-order valence-electron chi connectivity index (χ4n) is 1.81. The lowest BCUT2D eigenvalue weighted by Gasteiger charge is -2.16. The van der Waals surface area contributed by atoms with Gasteiger partial charge in [0.25, 0.3) is 0 Å². The number of nitrogens with two attached hydrogens (primary N) is 1. The molecule has 0 saturated heterocycles. The van der Waals surface area contributed by atoms with Gasteiger partial charge in [-0.15, -0.1) is 0 Å². The fourth-order valence-corrected chi connectivity index (χ4v) is 1.93. The highest BCUT2D eigenvalue weighted by Crippen LogP contribution is 2.14. The molecule has 2 aromatic rings. The Hall–Kier alpha value is -1.85. The van der Waals surface area contributed by atoms with Gasteiger partial charge in [-0.2, -0.15) is 5.10 Å². The van der Waals surface area contributed by atoms with Gasteiger partial charge in [-0.1, -0.05) is 30.7 Å². The molecule has 0 aliphatic carbocycles. The summed E-state index contributed by atoms with van der Waals surface area (Å²) >= 11 is 5.87. The maximum absolute atomic E-state index is 12.1. The average Bonchev–Trinajstić information content (AvgIpc) is 2.87. The molecule has 0 radical (unpaired) electrons. The van der Waals surface area contributed by atoms with E-state index >= 15 is 0 Å². The number of hydrogen-bond donors (Lipinski definition) is 2. The van der Waals surface area contributed by atoms with Gasteiger partial charge in [0.05, 0.1) is 18.7 Å². The molecule has 5 nitrogen and oxygen atoms in total. The van der Waals surface area contributed by atoms with Crippen LogP contribution in [0.15, 0.2) is 36.5 Å². The van der Waals surface area contributed by atoms with E-state index in [1.54, 1.807) is 23.9 Å². The van der Waals surface area contributed by atoms with E-state index in [0.717, 1.165) is 5.56 Å². The Morgan fingerprint density at radius 1 is 1.33 bits per heavy atom. The fraction of sp³-hybridized carbons (Fsp3) is 0.333. The lowest BCUT2D eigenvalue weighted by Crippen LogP contribution is -2.34. The summed E-state index contributed by atoms with van der Waals surface area (Å²) in [7, 11) is 0. The highest BCUT2D eigenvalue weighted by atomic mass is 35.5. The van der Waals surface area contributed by atoms with Crippen LogP contribution >= 0.6 is 11.6 Å². The quantitative estimate of drug-likeness (QED) is 0.891. The molecule has 21 heavy (non-hydrogen) atoms. The molecule has 0 aliphatic heterocycles. The van der Waals surface area contributed by atoms with Crippen molar-refractivity contribution < 1.29 is 4.79 Å². The van der Waals surface area contributed by atoms with E-state index in [0.29, 0.717) is 17.4 Å². The molecule has 2 rings (SSSR count). The van der Waals surface area contributed by atoms with Crippen molar-refractivity contribution in [3.63, 3.8) is 0 Å². The summed E-state index contributed by atoms with van der Waals surface area (Å²) in [6.45, 7) is 4.18. The maximum atomic E-state index is 12.1. The van der Waals surface area contributed by atoms with E-state index in [1.807, 2.05) is 31.2 Å². The Bertz CT molecular complexity index is 606. The third kappa shape index (κ3) is 4.06. The lowest BCUT2D eigenvalue weighted by atomic mass is 10.0. The van der Waals surface area contributed by atoms with Crippen LogP contribution < -0.4 is 11.1 Å². The third-order valence-corrected chi connectivity index (χ3v) is 3.67. The molecule has 0 spiro atoms. The number of carbonyl (C=O) groups excluding carboxylic acids is 1. The first-order chi connectivity index (χ1) is 9.97. The van der Waals surface area contributed by atoms with Gasteiger partial charge in [-0.3, -0.25) is 4.79 Å². The van der Waals surface area contributed by atoms with Crippen LogP contribution in [-0.4, -0.2) is 21.7 Å². The number of hydrogen-bond acceptors (Lipinski definition) is 3. The van der Waals surface area contributed by atoms with E-state index in [1.165, 1.54) is 0 Å². The number of rotatable bonds is 5. The molecule has 0 saturated carbocycles.